The molecule has 10 heteroatoms. The fourth-order valence-corrected chi connectivity index (χ4v) is 1.56. The van der Waals surface area contributed by atoms with E-state index in [0.29, 0.717) is 5.17 Å². The number of benzene rings is 1. The molecule has 1 aromatic rings. The fraction of sp³-hybridized carbons (Fsp3) is 0. The van der Waals surface area contributed by atoms with Gasteiger partial charge < -0.3 is 0 Å². The van der Waals surface area contributed by atoms with E-state index in [0.717, 1.165) is 0 Å². The summed E-state index contributed by atoms with van der Waals surface area (Å²) in [5.74, 6) is 0. The van der Waals surface area contributed by atoms with Gasteiger partial charge in [-0.15, -0.1) is 13.7 Å². The number of nitro benzene ring substituents is 1. The van der Waals surface area contributed by atoms with Crippen LogP contribution in [0, 0.1) is 10.1 Å². The lowest BCUT2D eigenvalue weighted by Gasteiger charge is -2.10. The molecule has 2 rings (SSSR count). The lowest BCUT2D eigenvalue weighted by atomic mass is 10.3. The van der Waals surface area contributed by atoms with Gasteiger partial charge in [0.15, 0.2) is 5.69 Å². The highest BCUT2D eigenvalue weighted by Crippen LogP contribution is 2.29. The third-order valence-electron chi connectivity index (χ3n) is 1.69. The molecule has 1 N–H and O–H groups in total. The van der Waals surface area contributed by atoms with E-state index in [1.165, 1.54) is 24.3 Å². The molecule has 1 heterocycles. The van der Waals surface area contributed by atoms with Crippen molar-refractivity contribution in [3.8, 4) is 0 Å². The standard InChI is InChI=1S/C6H5N3O6S/c10-9(11)6-4-2-1-3-5(6)8-7-14-16(12,13)15-8/h1-4,7H. The first-order valence-electron chi connectivity index (χ1n) is 3.92. The van der Waals surface area contributed by atoms with Crippen LogP contribution in [0.5, 0.6) is 0 Å². The Hall–Kier alpha value is -1.75. The lowest BCUT2D eigenvalue weighted by molar-refractivity contribution is -0.384. The van der Waals surface area contributed by atoms with Crippen LogP contribution in [-0.2, 0) is 19.0 Å². The van der Waals surface area contributed by atoms with E-state index in [1.54, 1.807) is 0 Å². The van der Waals surface area contributed by atoms with Gasteiger partial charge in [-0.2, -0.15) is 8.42 Å². The zero-order chi connectivity index (χ0) is 11.8. The van der Waals surface area contributed by atoms with Crippen LogP contribution in [0.1, 0.15) is 0 Å². The van der Waals surface area contributed by atoms with Gasteiger partial charge in [0.05, 0.1) is 4.92 Å². The molecule has 0 aromatic heterocycles. The summed E-state index contributed by atoms with van der Waals surface area (Å²) in [6.07, 6.45) is 0. The second-order valence-electron chi connectivity index (χ2n) is 2.70. The van der Waals surface area contributed by atoms with E-state index < -0.39 is 15.3 Å². The van der Waals surface area contributed by atoms with Crippen LogP contribution in [0.3, 0.4) is 0 Å². The Bertz CT molecular complexity index is 529. The zero-order valence-corrected chi connectivity index (χ0v) is 8.38. The topological polar surface area (TPSA) is 111 Å². The second kappa shape index (κ2) is 3.68. The molecular weight excluding hydrogens is 242 g/mol. The van der Waals surface area contributed by atoms with E-state index >= 15 is 0 Å². The van der Waals surface area contributed by atoms with Gasteiger partial charge in [-0.3, -0.25) is 10.1 Å². The average Bonchev–Trinajstić information content (AvgIpc) is 2.59. The van der Waals surface area contributed by atoms with Gasteiger partial charge >= 0.3 is 10.4 Å². The van der Waals surface area contributed by atoms with Crippen molar-refractivity contribution < 1.29 is 21.9 Å². The molecule has 0 atom stereocenters. The van der Waals surface area contributed by atoms with E-state index in [9.17, 15) is 18.5 Å². The van der Waals surface area contributed by atoms with Crippen molar-refractivity contribution in [2.45, 2.75) is 0 Å². The van der Waals surface area contributed by atoms with Crippen molar-refractivity contribution in [3.63, 3.8) is 0 Å². The Kier molecular flexibility index (Phi) is 2.47. The van der Waals surface area contributed by atoms with E-state index in [-0.39, 0.29) is 11.4 Å². The number of nitro groups is 1. The molecule has 0 unspecified atom stereocenters. The van der Waals surface area contributed by atoms with Crippen molar-refractivity contribution in [3.05, 3.63) is 34.4 Å². The number of para-hydroxylation sites is 2. The molecule has 0 spiro atoms. The minimum absolute atomic E-state index is 0.0893. The molecule has 1 fully saturated rings. The largest absolute Gasteiger partial charge is 0.440 e. The van der Waals surface area contributed by atoms with Gasteiger partial charge in [-0.05, 0) is 6.07 Å². The Morgan fingerprint density at radius 1 is 1.38 bits per heavy atom. The summed E-state index contributed by atoms with van der Waals surface area (Å²) < 4.78 is 29.9. The third kappa shape index (κ3) is 1.94. The maximum Gasteiger partial charge on any atom is 0.440 e. The summed E-state index contributed by atoms with van der Waals surface area (Å²) >= 11 is 0. The molecule has 1 aliphatic rings. The number of hydrogen-bond donors (Lipinski definition) is 1. The van der Waals surface area contributed by atoms with Crippen LogP contribution >= 0.6 is 0 Å². The Labute approximate surface area is 89.5 Å². The summed E-state index contributed by atoms with van der Waals surface area (Å²) in [5, 5.41) is 11.2. The molecule has 0 bridgehead atoms. The van der Waals surface area contributed by atoms with Crippen LogP contribution in [0.15, 0.2) is 24.3 Å². The van der Waals surface area contributed by atoms with Crippen molar-refractivity contribution in [1.82, 2.24) is 5.59 Å². The highest BCUT2D eigenvalue weighted by atomic mass is 32.3. The van der Waals surface area contributed by atoms with Crippen LogP contribution in [0.4, 0.5) is 11.4 Å². The lowest BCUT2D eigenvalue weighted by Crippen LogP contribution is -2.28. The zero-order valence-electron chi connectivity index (χ0n) is 7.56. The van der Waals surface area contributed by atoms with Gasteiger partial charge in [0.1, 0.15) is 0 Å². The van der Waals surface area contributed by atoms with E-state index in [2.05, 4.69) is 8.57 Å². The normalized spacial score (nSPS) is 18.6. The number of nitrogens with zero attached hydrogens (tertiary/aromatic N) is 2. The van der Waals surface area contributed by atoms with Gasteiger partial charge in [-0.25, -0.2) is 0 Å². The Morgan fingerprint density at radius 2 is 2.06 bits per heavy atom. The fourth-order valence-electron chi connectivity index (χ4n) is 1.08. The smallest absolute Gasteiger partial charge is 0.258 e. The predicted octanol–water partition coefficient (Wildman–Crippen LogP) is 0.0274. The van der Waals surface area contributed by atoms with Crippen LogP contribution < -0.4 is 10.8 Å². The molecule has 0 amide bonds. The summed E-state index contributed by atoms with van der Waals surface area (Å²) in [7, 11) is -4.19. The molecule has 16 heavy (non-hydrogen) atoms. The number of hydrogen-bond acceptors (Lipinski definition) is 8. The molecule has 86 valence electrons. The summed E-state index contributed by atoms with van der Waals surface area (Å²) in [6, 6.07) is 5.42. The van der Waals surface area contributed by atoms with E-state index in [4.69, 9.17) is 0 Å². The summed E-state index contributed by atoms with van der Waals surface area (Å²) in [6.45, 7) is 0. The van der Waals surface area contributed by atoms with Crippen molar-refractivity contribution in [1.29, 1.82) is 0 Å². The number of anilines is 1. The number of nitrogens with one attached hydrogen (secondary N) is 1. The van der Waals surface area contributed by atoms with Gasteiger partial charge in [0.2, 0.25) is 0 Å². The first-order valence-corrected chi connectivity index (χ1v) is 5.25. The van der Waals surface area contributed by atoms with Crippen molar-refractivity contribution in [2.24, 2.45) is 0 Å². The first-order chi connectivity index (χ1) is 7.49. The monoisotopic (exact) mass is 247 g/mol. The molecular formula is C6H5N3O6S. The quantitative estimate of drug-likeness (QED) is 0.575. The minimum atomic E-state index is -4.19. The maximum atomic E-state index is 10.8. The Morgan fingerprint density at radius 3 is 2.62 bits per heavy atom. The average molecular weight is 247 g/mol. The number of rotatable bonds is 2. The van der Waals surface area contributed by atoms with Crippen molar-refractivity contribution in [2.75, 3.05) is 5.17 Å². The number of hydrazine groups is 1. The molecule has 1 aliphatic heterocycles. The predicted molar refractivity (Wildman–Crippen MR) is 49.8 cm³/mol. The van der Waals surface area contributed by atoms with Gasteiger partial charge in [0.25, 0.3) is 5.69 Å². The van der Waals surface area contributed by atoms with Crippen LogP contribution in [-0.4, -0.2) is 13.3 Å². The highest BCUT2D eigenvalue weighted by Gasteiger charge is 2.32. The Balaban J connectivity index is 2.38. The molecule has 9 nitrogen and oxygen atoms in total. The van der Waals surface area contributed by atoms with Gasteiger partial charge in [-0.1, -0.05) is 17.7 Å². The molecule has 0 saturated carbocycles. The summed E-state index contributed by atoms with van der Waals surface area (Å²) in [5.41, 5.74) is 1.46. The second-order valence-corrected chi connectivity index (χ2v) is 3.83. The summed E-state index contributed by atoms with van der Waals surface area (Å²) in [4.78, 5) is 9.97. The SMILES string of the molecule is O=[N+]([O-])c1ccccc1N1NOS(=O)(=O)O1. The highest BCUT2D eigenvalue weighted by molar-refractivity contribution is 7.82. The maximum absolute atomic E-state index is 10.8. The molecule has 0 aliphatic carbocycles. The van der Waals surface area contributed by atoms with Crippen LogP contribution in [0.25, 0.3) is 0 Å². The first kappa shape index (κ1) is 10.8. The van der Waals surface area contributed by atoms with Gasteiger partial charge in [0, 0.05) is 6.07 Å². The molecule has 1 saturated heterocycles. The molecule has 1 aromatic carbocycles. The van der Waals surface area contributed by atoms with E-state index in [1.807, 2.05) is 5.59 Å². The third-order valence-corrected chi connectivity index (χ3v) is 2.30. The van der Waals surface area contributed by atoms with Crippen LogP contribution in [0.2, 0.25) is 0 Å². The van der Waals surface area contributed by atoms with Crippen molar-refractivity contribution >= 4 is 21.8 Å². The molecule has 0 radical (unpaired) electrons. The minimum Gasteiger partial charge on any atom is -0.258 e.